The summed E-state index contributed by atoms with van der Waals surface area (Å²) in [6.07, 6.45) is 4.84. The first kappa shape index (κ1) is 22.1. The Morgan fingerprint density at radius 2 is 1.55 bits per heavy atom. The van der Waals surface area contributed by atoms with Crippen LogP contribution in [0.15, 0.2) is 24.3 Å². The van der Waals surface area contributed by atoms with Crippen molar-refractivity contribution in [1.82, 2.24) is 14.7 Å². The molecule has 0 saturated carbocycles. The Balaban J connectivity index is 1.22. The molecule has 0 spiro atoms. The van der Waals surface area contributed by atoms with Gasteiger partial charge in [-0.1, -0.05) is 0 Å². The molecule has 3 fully saturated rings. The Labute approximate surface area is 185 Å². The van der Waals surface area contributed by atoms with E-state index in [-0.39, 0.29) is 11.9 Å². The number of amides is 3. The van der Waals surface area contributed by atoms with Gasteiger partial charge in [0.15, 0.2) is 0 Å². The molecule has 1 aromatic rings. The Bertz CT molecular complexity index is 745. The number of nitrogens with one attached hydrogen (secondary N) is 1. The van der Waals surface area contributed by atoms with Gasteiger partial charge < -0.3 is 19.9 Å². The highest BCUT2D eigenvalue weighted by atomic mass is 16.5. The van der Waals surface area contributed by atoms with Gasteiger partial charge in [-0.15, -0.1) is 0 Å². The van der Waals surface area contributed by atoms with Gasteiger partial charge in [-0.2, -0.15) is 0 Å². The first-order valence-electron chi connectivity index (χ1n) is 11.8. The van der Waals surface area contributed by atoms with Crippen molar-refractivity contribution in [2.45, 2.75) is 51.7 Å². The van der Waals surface area contributed by atoms with E-state index in [1.54, 1.807) is 0 Å². The van der Waals surface area contributed by atoms with E-state index in [9.17, 15) is 9.59 Å². The summed E-state index contributed by atoms with van der Waals surface area (Å²) in [6.45, 7) is 10.7. The third-order valence-corrected chi connectivity index (χ3v) is 6.69. The van der Waals surface area contributed by atoms with Crippen molar-refractivity contribution >= 4 is 17.6 Å². The van der Waals surface area contributed by atoms with E-state index in [1.807, 2.05) is 34.1 Å². The molecule has 0 radical (unpaired) electrons. The molecule has 7 nitrogen and oxygen atoms in total. The van der Waals surface area contributed by atoms with Crippen molar-refractivity contribution in [2.24, 2.45) is 5.92 Å². The van der Waals surface area contributed by atoms with Gasteiger partial charge in [-0.3, -0.25) is 9.69 Å². The topological polar surface area (TPSA) is 65.1 Å². The Kier molecular flexibility index (Phi) is 7.13. The van der Waals surface area contributed by atoms with Gasteiger partial charge in [0.05, 0.1) is 12.2 Å². The van der Waals surface area contributed by atoms with Crippen molar-refractivity contribution < 1.29 is 14.3 Å². The molecule has 3 aliphatic heterocycles. The first-order chi connectivity index (χ1) is 15.0. The molecule has 31 heavy (non-hydrogen) atoms. The van der Waals surface area contributed by atoms with Crippen molar-refractivity contribution in [1.29, 1.82) is 0 Å². The van der Waals surface area contributed by atoms with E-state index in [0.717, 1.165) is 77.2 Å². The summed E-state index contributed by atoms with van der Waals surface area (Å²) in [4.78, 5) is 31.5. The van der Waals surface area contributed by atoms with E-state index in [2.05, 4.69) is 24.1 Å². The predicted octanol–water partition coefficient (Wildman–Crippen LogP) is 3.28. The van der Waals surface area contributed by atoms with E-state index in [0.29, 0.717) is 23.7 Å². The number of urea groups is 1. The number of carbonyl (C=O) groups excluding carboxylic acids is 2. The fraction of sp³-hybridized carbons (Fsp3) is 0.667. The fourth-order valence-electron chi connectivity index (χ4n) is 5.12. The summed E-state index contributed by atoms with van der Waals surface area (Å²) in [5, 5.41) is 2.99. The Morgan fingerprint density at radius 3 is 2.16 bits per heavy atom. The number of benzene rings is 1. The molecule has 0 aliphatic carbocycles. The molecule has 170 valence electrons. The summed E-state index contributed by atoms with van der Waals surface area (Å²) in [5.41, 5.74) is 1.42. The molecule has 4 rings (SSSR count). The van der Waals surface area contributed by atoms with Crippen LogP contribution < -0.4 is 5.32 Å². The maximum atomic E-state index is 12.7. The predicted molar refractivity (Wildman–Crippen MR) is 121 cm³/mol. The van der Waals surface area contributed by atoms with Crippen LogP contribution in [0, 0.1) is 5.92 Å². The minimum Gasteiger partial charge on any atom is -0.373 e. The zero-order valence-corrected chi connectivity index (χ0v) is 18.9. The highest BCUT2D eigenvalue weighted by molar-refractivity contribution is 5.95. The van der Waals surface area contributed by atoms with Gasteiger partial charge in [-0.25, -0.2) is 4.79 Å². The van der Waals surface area contributed by atoms with Crippen molar-refractivity contribution in [3.63, 3.8) is 0 Å². The summed E-state index contributed by atoms with van der Waals surface area (Å²) >= 11 is 0. The second-order valence-electron chi connectivity index (χ2n) is 9.41. The molecule has 0 aromatic heterocycles. The second-order valence-corrected chi connectivity index (χ2v) is 9.41. The lowest BCUT2D eigenvalue weighted by molar-refractivity contribution is -0.0728. The number of rotatable bonds is 4. The fourth-order valence-corrected chi connectivity index (χ4v) is 5.12. The maximum Gasteiger partial charge on any atom is 0.321 e. The molecule has 0 bridgehead atoms. The minimum atomic E-state index is -0.0503. The lowest BCUT2D eigenvalue weighted by Gasteiger charge is -2.39. The Hall–Kier alpha value is -2.12. The maximum absolute atomic E-state index is 12.7. The van der Waals surface area contributed by atoms with Gasteiger partial charge in [0.25, 0.3) is 5.91 Å². The molecule has 3 aliphatic rings. The molecule has 3 heterocycles. The van der Waals surface area contributed by atoms with Crippen molar-refractivity contribution in [3.8, 4) is 0 Å². The molecule has 3 amide bonds. The number of hydrogen-bond donors (Lipinski definition) is 1. The van der Waals surface area contributed by atoms with Crippen molar-refractivity contribution in [3.05, 3.63) is 29.8 Å². The highest BCUT2D eigenvalue weighted by Gasteiger charge is 2.28. The molecule has 2 atom stereocenters. The highest BCUT2D eigenvalue weighted by Crippen LogP contribution is 2.22. The smallest absolute Gasteiger partial charge is 0.321 e. The average molecular weight is 429 g/mol. The number of anilines is 1. The number of piperidine rings is 1. The quantitative estimate of drug-likeness (QED) is 0.799. The zero-order valence-electron chi connectivity index (χ0n) is 18.9. The van der Waals surface area contributed by atoms with Crippen LogP contribution in [0.1, 0.15) is 49.9 Å². The van der Waals surface area contributed by atoms with Crippen LogP contribution in [0.25, 0.3) is 0 Å². The molecule has 2 unspecified atom stereocenters. The van der Waals surface area contributed by atoms with Gasteiger partial charge >= 0.3 is 6.03 Å². The Morgan fingerprint density at radius 1 is 0.935 bits per heavy atom. The van der Waals surface area contributed by atoms with Gasteiger partial charge in [-0.05, 0) is 69.7 Å². The number of carbonyl (C=O) groups is 2. The van der Waals surface area contributed by atoms with Crippen LogP contribution in [0.2, 0.25) is 0 Å². The summed E-state index contributed by atoms with van der Waals surface area (Å²) in [6, 6.07) is 7.23. The minimum absolute atomic E-state index is 0.0503. The average Bonchev–Trinajstić information content (AvgIpc) is 3.28. The van der Waals surface area contributed by atoms with E-state index in [4.69, 9.17) is 4.74 Å². The van der Waals surface area contributed by atoms with Gasteiger partial charge in [0.1, 0.15) is 0 Å². The van der Waals surface area contributed by atoms with Crippen LogP contribution in [-0.4, -0.2) is 84.7 Å². The molecule has 3 saturated heterocycles. The monoisotopic (exact) mass is 428 g/mol. The van der Waals surface area contributed by atoms with E-state index < -0.39 is 0 Å². The molecule has 7 heteroatoms. The zero-order chi connectivity index (χ0) is 21.8. The van der Waals surface area contributed by atoms with E-state index in [1.165, 1.54) is 0 Å². The normalized spacial score (nSPS) is 25.6. The SMILES string of the molecule is CC1CN(CC2CCN(C(=O)Nc3ccc(C(=O)N4CCCC4)cc3)CC2)CC(C)O1. The van der Waals surface area contributed by atoms with Crippen LogP contribution in [0.5, 0.6) is 0 Å². The number of morpholine rings is 1. The molecular formula is C24H36N4O3. The number of likely N-dealkylation sites (tertiary alicyclic amines) is 2. The standard InChI is InChI=1S/C24H36N4O3/c1-18-15-26(16-19(2)31-18)17-20-9-13-28(14-10-20)24(30)25-22-7-5-21(6-8-22)23(29)27-11-3-4-12-27/h5-8,18-20H,3-4,9-17H2,1-2H3,(H,25,30). The molecule has 1 aromatic carbocycles. The first-order valence-corrected chi connectivity index (χ1v) is 11.8. The van der Waals surface area contributed by atoms with E-state index >= 15 is 0 Å². The van der Waals surface area contributed by atoms with Crippen LogP contribution in [0.4, 0.5) is 10.5 Å². The van der Waals surface area contributed by atoms with Gasteiger partial charge in [0, 0.05) is 57.1 Å². The summed E-state index contributed by atoms with van der Waals surface area (Å²) in [7, 11) is 0. The lowest BCUT2D eigenvalue weighted by Crippen LogP contribution is -2.49. The van der Waals surface area contributed by atoms with Crippen molar-refractivity contribution in [2.75, 3.05) is 51.1 Å². The number of hydrogen-bond acceptors (Lipinski definition) is 4. The summed E-state index contributed by atoms with van der Waals surface area (Å²) in [5.74, 6) is 0.721. The van der Waals surface area contributed by atoms with Crippen LogP contribution in [-0.2, 0) is 4.74 Å². The number of nitrogens with zero attached hydrogens (tertiary/aromatic N) is 3. The van der Waals surface area contributed by atoms with Gasteiger partial charge in [0.2, 0.25) is 0 Å². The largest absolute Gasteiger partial charge is 0.373 e. The molecular weight excluding hydrogens is 392 g/mol. The third-order valence-electron chi connectivity index (χ3n) is 6.69. The van der Waals surface area contributed by atoms with Crippen LogP contribution in [0.3, 0.4) is 0 Å². The second kappa shape index (κ2) is 10.0. The van der Waals surface area contributed by atoms with Crippen LogP contribution >= 0.6 is 0 Å². The lowest BCUT2D eigenvalue weighted by atomic mass is 9.96. The third kappa shape index (κ3) is 5.77. The molecule has 1 N–H and O–H groups in total. The number of ether oxygens (including phenoxy) is 1. The summed E-state index contributed by atoms with van der Waals surface area (Å²) < 4.78 is 5.83.